The van der Waals surface area contributed by atoms with Gasteiger partial charge in [0, 0.05) is 16.7 Å². The van der Waals surface area contributed by atoms with Crippen LogP contribution in [0.25, 0.3) is 0 Å². The zero-order valence-corrected chi connectivity index (χ0v) is 26.6. The molecule has 7 aliphatic rings. The normalized spacial score (nSPS) is 60.6. The SMILES string of the molecule is CC(C)(O)C1CCC2C(O)(O1)C(O)C1(C)C3CCC4C(C)(C)C(OC5OCC(O)C(O)C5O)CCC45CC35CC(O)C21C. The summed E-state index contributed by atoms with van der Waals surface area (Å²) in [4.78, 5) is 0. The zero-order valence-electron chi connectivity index (χ0n) is 26.6. The number of ether oxygens (including phenoxy) is 3. The molecule has 7 N–H and O–H groups in total. The van der Waals surface area contributed by atoms with E-state index in [0.717, 1.165) is 32.1 Å². The number of hydrogen-bond acceptors (Lipinski definition) is 10. The van der Waals surface area contributed by atoms with Gasteiger partial charge in [0.1, 0.15) is 24.4 Å². The summed E-state index contributed by atoms with van der Waals surface area (Å²) in [5, 5.41) is 77.9. The van der Waals surface area contributed by atoms with Gasteiger partial charge in [0.05, 0.1) is 30.5 Å². The first-order valence-electron chi connectivity index (χ1n) is 16.6. The van der Waals surface area contributed by atoms with Crippen LogP contribution in [0.15, 0.2) is 0 Å². The Bertz CT molecular complexity index is 1140. The fraction of sp³-hybridized carbons (Fsp3) is 1.00. The highest BCUT2D eigenvalue weighted by molar-refractivity contribution is 5.35. The van der Waals surface area contributed by atoms with Crippen molar-refractivity contribution in [3.8, 4) is 0 Å². The van der Waals surface area contributed by atoms with Gasteiger partial charge in [0.25, 0.3) is 0 Å². The van der Waals surface area contributed by atoms with Crippen molar-refractivity contribution in [2.24, 2.45) is 44.8 Å². The topological polar surface area (TPSA) is 169 Å². The molecule has 43 heavy (non-hydrogen) atoms. The molecule has 0 bridgehead atoms. The Hall–Kier alpha value is -0.400. The Balaban J connectivity index is 1.19. The average molecular weight is 611 g/mol. The number of rotatable bonds is 3. The molecule has 2 heterocycles. The minimum Gasteiger partial charge on any atom is -0.393 e. The minimum absolute atomic E-state index is 0.0288. The second-order valence-electron chi connectivity index (χ2n) is 17.2. The molecule has 2 spiro atoms. The molecule has 5 saturated carbocycles. The van der Waals surface area contributed by atoms with Crippen molar-refractivity contribution >= 4 is 0 Å². The summed E-state index contributed by atoms with van der Waals surface area (Å²) in [6.07, 6.45) is -1.49. The summed E-state index contributed by atoms with van der Waals surface area (Å²) in [5.41, 5.74) is -3.20. The molecule has 0 aromatic carbocycles. The minimum atomic E-state index is -1.85. The third kappa shape index (κ3) is 3.60. The molecular weight excluding hydrogens is 556 g/mol. The number of aliphatic hydroxyl groups excluding tert-OH is 5. The van der Waals surface area contributed by atoms with Gasteiger partial charge in [-0.3, -0.25) is 0 Å². The average Bonchev–Trinajstić information content (AvgIpc) is 3.55. The number of aliphatic hydroxyl groups is 7. The highest BCUT2D eigenvalue weighted by Crippen LogP contribution is 2.89. The van der Waals surface area contributed by atoms with E-state index >= 15 is 0 Å². The highest BCUT2D eigenvalue weighted by Gasteiger charge is 2.88. The molecule has 2 aliphatic heterocycles. The maximum atomic E-state index is 12.2. The van der Waals surface area contributed by atoms with E-state index in [-0.39, 0.29) is 40.8 Å². The van der Waals surface area contributed by atoms with Crippen molar-refractivity contribution in [3.05, 3.63) is 0 Å². The van der Waals surface area contributed by atoms with Gasteiger partial charge in [-0.15, -0.1) is 0 Å². The molecule has 5 aliphatic carbocycles. The number of hydrogen-bond donors (Lipinski definition) is 7. The highest BCUT2D eigenvalue weighted by atomic mass is 16.7. The van der Waals surface area contributed by atoms with E-state index in [4.69, 9.17) is 14.2 Å². The van der Waals surface area contributed by atoms with Crippen molar-refractivity contribution in [1.82, 2.24) is 0 Å². The molecular formula is C33H54O10. The molecule has 0 radical (unpaired) electrons. The van der Waals surface area contributed by atoms with Crippen molar-refractivity contribution in [1.29, 1.82) is 0 Å². The lowest BCUT2D eigenvalue weighted by Gasteiger charge is -2.64. The van der Waals surface area contributed by atoms with Crippen LogP contribution in [0.1, 0.15) is 92.9 Å². The maximum Gasteiger partial charge on any atom is 0.196 e. The molecule has 16 atom stereocenters. The van der Waals surface area contributed by atoms with Gasteiger partial charge in [-0.25, -0.2) is 0 Å². The quantitative estimate of drug-likeness (QED) is 0.232. The van der Waals surface area contributed by atoms with Crippen LogP contribution in [-0.4, -0.2) is 103 Å². The van der Waals surface area contributed by atoms with Crippen LogP contribution in [-0.2, 0) is 14.2 Å². The predicted molar refractivity (Wildman–Crippen MR) is 153 cm³/mol. The second kappa shape index (κ2) is 9.14. The predicted octanol–water partition coefficient (Wildman–Crippen LogP) is 1.44. The Kier molecular flexibility index (Phi) is 6.64. The smallest absolute Gasteiger partial charge is 0.196 e. The standard InChI is InChI=1S/C33H54O10/c1-27(2)17-7-8-18-30(6)26(38)33(40)19(9-10-22(43-33)28(3,4)39)29(30,5)20(35)13-32(18)15-31(17,32)12-11-21(27)42-25-24(37)23(36)16(34)14-41-25/h16-26,34-40H,7-15H2,1-6H3. The van der Waals surface area contributed by atoms with E-state index < -0.39 is 71.0 Å². The fourth-order valence-corrected chi connectivity index (χ4v) is 12.7. The van der Waals surface area contributed by atoms with E-state index in [9.17, 15) is 35.7 Å². The summed E-state index contributed by atoms with van der Waals surface area (Å²) in [6, 6.07) is 0. The molecule has 10 nitrogen and oxygen atoms in total. The Morgan fingerprint density at radius 2 is 1.44 bits per heavy atom. The monoisotopic (exact) mass is 610 g/mol. The number of fused-ring (bicyclic) bond motifs is 4. The molecule has 2 saturated heterocycles. The van der Waals surface area contributed by atoms with Gasteiger partial charge in [-0.1, -0.05) is 27.7 Å². The van der Waals surface area contributed by atoms with Crippen LogP contribution in [0.2, 0.25) is 0 Å². The van der Waals surface area contributed by atoms with Crippen molar-refractivity contribution in [3.63, 3.8) is 0 Å². The zero-order chi connectivity index (χ0) is 31.3. The maximum absolute atomic E-state index is 12.2. The lowest BCUT2D eigenvalue weighted by Crippen LogP contribution is -2.64. The first kappa shape index (κ1) is 31.2. The van der Waals surface area contributed by atoms with Gasteiger partial charge in [-0.2, -0.15) is 0 Å². The Morgan fingerprint density at radius 1 is 0.791 bits per heavy atom. The van der Waals surface area contributed by atoms with Crippen LogP contribution >= 0.6 is 0 Å². The van der Waals surface area contributed by atoms with E-state index in [1.165, 1.54) is 0 Å². The molecule has 7 fully saturated rings. The summed E-state index contributed by atoms with van der Waals surface area (Å²) in [7, 11) is 0. The van der Waals surface area contributed by atoms with Crippen molar-refractivity contribution in [2.75, 3.05) is 6.61 Å². The molecule has 0 aromatic rings. The van der Waals surface area contributed by atoms with Crippen LogP contribution in [0.3, 0.4) is 0 Å². The first-order valence-corrected chi connectivity index (χ1v) is 16.6. The summed E-state index contributed by atoms with van der Waals surface area (Å²) < 4.78 is 18.3. The molecule has 7 rings (SSSR count). The Morgan fingerprint density at radius 3 is 2.12 bits per heavy atom. The fourth-order valence-electron chi connectivity index (χ4n) is 12.7. The van der Waals surface area contributed by atoms with Crippen LogP contribution in [0.4, 0.5) is 0 Å². The third-order valence-corrected chi connectivity index (χ3v) is 15.1. The third-order valence-electron chi connectivity index (χ3n) is 15.1. The van der Waals surface area contributed by atoms with Gasteiger partial charge < -0.3 is 50.0 Å². The second-order valence-corrected chi connectivity index (χ2v) is 17.2. The van der Waals surface area contributed by atoms with E-state index in [1.54, 1.807) is 13.8 Å². The van der Waals surface area contributed by atoms with Gasteiger partial charge in [-0.05, 0) is 93.3 Å². The molecule has 0 amide bonds. The van der Waals surface area contributed by atoms with E-state index in [2.05, 4.69) is 27.7 Å². The summed E-state index contributed by atoms with van der Waals surface area (Å²) in [6.45, 7) is 11.8. The summed E-state index contributed by atoms with van der Waals surface area (Å²) >= 11 is 0. The van der Waals surface area contributed by atoms with E-state index in [1.807, 2.05) is 0 Å². The first-order chi connectivity index (χ1) is 19.8. The van der Waals surface area contributed by atoms with Gasteiger partial charge >= 0.3 is 0 Å². The lowest BCUT2D eigenvalue weighted by molar-refractivity contribution is -0.334. The molecule has 10 heteroatoms. The molecule has 16 unspecified atom stereocenters. The Labute approximate surface area is 254 Å². The van der Waals surface area contributed by atoms with Gasteiger partial charge in [0.15, 0.2) is 12.1 Å². The van der Waals surface area contributed by atoms with E-state index in [0.29, 0.717) is 19.3 Å². The van der Waals surface area contributed by atoms with Crippen LogP contribution in [0, 0.1) is 44.8 Å². The van der Waals surface area contributed by atoms with Gasteiger partial charge in [0.2, 0.25) is 0 Å². The molecule has 0 aromatic heterocycles. The van der Waals surface area contributed by atoms with Crippen LogP contribution in [0.5, 0.6) is 0 Å². The van der Waals surface area contributed by atoms with Crippen LogP contribution < -0.4 is 0 Å². The molecule has 246 valence electrons. The van der Waals surface area contributed by atoms with Crippen molar-refractivity contribution in [2.45, 2.75) is 153 Å². The van der Waals surface area contributed by atoms with Crippen molar-refractivity contribution < 1.29 is 50.0 Å². The summed E-state index contributed by atoms with van der Waals surface area (Å²) in [5.74, 6) is -1.92. The largest absolute Gasteiger partial charge is 0.393 e. The lowest BCUT2D eigenvalue weighted by atomic mass is 9.41.